The van der Waals surface area contributed by atoms with E-state index in [4.69, 9.17) is 4.74 Å². The standard InChI is InChI=1S/C26H27N3O4S/c1-19-28(13-8-16-34(30,31)32)26-18-24-22(21-11-6-7-12-23(21)27(24)2)17-25(26)29(19)14-15-33-20-9-4-3-5-10-20/h3-7,9-12,17-18H,8,13-16H2,1-2H3. The fourth-order valence-electron chi connectivity index (χ4n) is 4.84. The van der Waals surface area contributed by atoms with Crippen LogP contribution in [-0.4, -0.2) is 34.5 Å². The smallest absolute Gasteiger partial charge is 0.254 e. The molecule has 0 aliphatic carbocycles. The largest absolute Gasteiger partial charge is 0.748 e. The van der Waals surface area contributed by atoms with E-state index in [-0.39, 0.29) is 12.2 Å². The summed E-state index contributed by atoms with van der Waals surface area (Å²) < 4.78 is 46.0. The van der Waals surface area contributed by atoms with Gasteiger partial charge in [-0.05, 0) is 30.7 Å². The number of aryl methyl sites for hydroxylation is 2. The molecular formula is C26H27N3O4S. The van der Waals surface area contributed by atoms with Gasteiger partial charge in [0.2, 0.25) is 0 Å². The molecule has 3 aromatic carbocycles. The van der Waals surface area contributed by atoms with Gasteiger partial charge in [0.05, 0.1) is 22.2 Å². The Morgan fingerprint density at radius 2 is 1.68 bits per heavy atom. The zero-order chi connectivity index (χ0) is 23.9. The van der Waals surface area contributed by atoms with Crippen LogP contribution in [0.15, 0.2) is 66.7 Å². The summed E-state index contributed by atoms with van der Waals surface area (Å²) in [6.45, 7) is 3.61. The van der Waals surface area contributed by atoms with Gasteiger partial charge in [0.25, 0.3) is 5.82 Å². The molecule has 0 radical (unpaired) electrons. The molecule has 0 bridgehead atoms. The minimum atomic E-state index is -4.25. The van der Waals surface area contributed by atoms with E-state index in [1.807, 2.05) is 49.4 Å². The van der Waals surface area contributed by atoms with E-state index in [1.54, 1.807) is 0 Å². The third-order valence-electron chi connectivity index (χ3n) is 6.48. The molecule has 0 spiro atoms. The Kier molecular flexibility index (Phi) is 5.79. The van der Waals surface area contributed by atoms with Gasteiger partial charge in [-0.3, -0.25) is 0 Å². The SMILES string of the molecule is Cc1n(CCOc2ccccc2)c2cc3c4ccccc4n(C)c3cc2[n+]1CCCS(=O)(=O)[O-]. The molecule has 0 aliphatic rings. The van der Waals surface area contributed by atoms with Gasteiger partial charge in [0.15, 0.2) is 11.0 Å². The molecule has 0 saturated carbocycles. The molecule has 8 heteroatoms. The molecule has 0 aliphatic heterocycles. The van der Waals surface area contributed by atoms with Crippen molar-refractivity contribution in [3.8, 4) is 5.75 Å². The maximum absolute atomic E-state index is 11.2. The molecule has 34 heavy (non-hydrogen) atoms. The van der Waals surface area contributed by atoms with E-state index in [0.717, 1.165) is 33.6 Å². The molecule has 0 saturated heterocycles. The lowest BCUT2D eigenvalue weighted by molar-refractivity contribution is -0.678. The number of ether oxygens (including phenoxy) is 1. The summed E-state index contributed by atoms with van der Waals surface area (Å²) >= 11 is 0. The normalized spacial score (nSPS) is 12.2. The minimum absolute atomic E-state index is 0.268. The van der Waals surface area contributed by atoms with Crippen LogP contribution in [0, 0.1) is 6.92 Å². The number of nitrogens with zero attached hydrogens (tertiary/aromatic N) is 3. The first-order valence-corrected chi connectivity index (χ1v) is 12.9. The Hall–Kier alpha value is -3.36. The van der Waals surface area contributed by atoms with Crippen molar-refractivity contribution in [1.29, 1.82) is 0 Å². The molecule has 176 valence electrons. The second-order valence-corrected chi connectivity index (χ2v) is 10.1. The summed E-state index contributed by atoms with van der Waals surface area (Å²) in [4.78, 5) is 0. The van der Waals surface area contributed by atoms with Gasteiger partial charge in [-0.1, -0.05) is 36.4 Å². The molecule has 0 atom stereocenters. The van der Waals surface area contributed by atoms with Crippen LogP contribution in [0.4, 0.5) is 0 Å². The Bertz CT molecular complexity index is 1600. The average molecular weight is 478 g/mol. The van der Waals surface area contributed by atoms with Gasteiger partial charge in [-0.25, -0.2) is 17.6 Å². The second-order valence-electron chi connectivity index (χ2n) is 8.56. The van der Waals surface area contributed by atoms with Crippen molar-refractivity contribution in [2.75, 3.05) is 12.4 Å². The fraction of sp³-hybridized carbons (Fsp3) is 0.269. The molecule has 2 aromatic heterocycles. The van der Waals surface area contributed by atoms with Gasteiger partial charge in [-0.2, -0.15) is 0 Å². The Labute approximate surface area is 198 Å². The van der Waals surface area contributed by atoms with Crippen LogP contribution in [0.1, 0.15) is 12.2 Å². The number of fused-ring (bicyclic) bond motifs is 4. The van der Waals surface area contributed by atoms with Crippen LogP contribution < -0.4 is 9.30 Å². The highest BCUT2D eigenvalue weighted by atomic mass is 32.2. The number of hydrogen-bond donors (Lipinski definition) is 0. The van der Waals surface area contributed by atoms with Crippen molar-refractivity contribution in [1.82, 2.24) is 9.13 Å². The maximum atomic E-state index is 11.2. The number of benzene rings is 3. The van der Waals surface area contributed by atoms with E-state index in [0.29, 0.717) is 19.7 Å². The van der Waals surface area contributed by atoms with E-state index in [1.165, 1.54) is 10.8 Å². The predicted molar refractivity (Wildman–Crippen MR) is 132 cm³/mol. The number of rotatable bonds is 8. The van der Waals surface area contributed by atoms with Crippen molar-refractivity contribution >= 4 is 43.0 Å². The van der Waals surface area contributed by atoms with Crippen molar-refractivity contribution in [3.63, 3.8) is 0 Å². The lowest BCUT2D eigenvalue weighted by atomic mass is 10.1. The van der Waals surface area contributed by atoms with Gasteiger partial charge in [-0.15, -0.1) is 0 Å². The van der Waals surface area contributed by atoms with Gasteiger partial charge in [0.1, 0.15) is 18.9 Å². The predicted octanol–water partition coefficient (Wildman–Crippen LogP) is 3.90. The van der Waals surface area contributed by atoms with Crippen molar-refractivity contribution < 1.29 is 22.3 Å². The highest BCUT2D eigenvalue weighted by molar-refractivity contribution is 7.85. The zero-order valence-electron chi connectivity index (χ0n) is 19.3. The van der Waals surface area contributed by atoms with E-state index in [9.17, 15) is 13.0 Å². The van der Waals surface area contributed by atoms with Crippen LogP contribution in [0.3, 0.4) is 0 Å². The molecule has 2 heterocycles. The van der Waals surface area contributed by atoms with Crippen LogP contribution in [0.5, 0.6) is 5.75 Å². The summed E-state index contributed by atoms with van der Waals surface area (Å²) in [6, 6.07) is 22.4. The molecular weight excluding hydrogens is 450 g/mol. The minimum Gasteiger partial charge on any atom is -0.748 e. The first-order valence-electron chi connectivity index (χ1n) is 11.3. The van der Waals surface area contributed by atoms with Crippen LogP contribution in [-0.2, 0) is 30.3 Å². The van der Waals surface area contributed by atoms with E-state index < -0.39 is 10.1 Å². The van der Waals surface area contributed by atoms with Crippen LogP contribution in [0.25, 0.3) is 32.8 Å². The third-order valence-corrected chi connectivity index (χ3v) is 7.26. The monoisotopic (exact) mass is 477 g/mol. The van der Waals surface area contributed by atoms with Gasteiger partial charge < -0.3 is 13.9 Å². The number of hydrogen-bond acceptors (Lipinski definition) is 4. The molecule has 0 unspecified atom stereocenters. The fourth-order valence-corrected chi connectivity index (χ4v) is 5.33. The molecule has 0 N–H and O–H groups in total. The van der Waals surface area contributed by atoms with Gasteiger partial charge >= 0.3 is 0 Å². The molecule has 0 fully saturated rings. The topological polar surface area (TPSA) is 80.2 Å². The molecule has 7 nitrogen and oxygen atoms in total. The quantitative estimate of drug-likeness (QED) is 0.251. The summed E-state index contributed by atoms with van der Waals surface area (Å²) in [7, 11) is -2.19. The first-order chi connectivity index (χ1) is 16.3. The van der Waals surface area contributed by atoms with Crippen LogP contribution >= 0.6 is 0 Å². The van der Waals surface area contributed by atoms with Crippen molar-refractivity contribution in [3.05, 3.63) is 72.6 Å². The Morgan fingerprint density at radius 3 is 2.44 bits per heavy atom. The Balaban J connectivity index is 1.60. The summed E-state index contributed by atoms with van der Waals surface area (Å²) in [5, 5.41) is 2.36. The zero-order valence-corrected chi connectivity index (χ0v) is 20.1. The lowest BCUT2D eigenvalue weighted by Crippen LogP contribution is -2.37. The average Bonchev–Trinajstić information content (AvgIpc) is 3.24. The van der Waals surface area contributed by atoms with Crippen molar-refractivity contribution in [2.45, 2.75) is 26.4 Å². The van der Waals surface area contributed by atoms with Gasteiger partial charge in [0, 0.05) is 42.1 Å². The summed E-state index contributed by atoms with van der Waals surface area (Å²) in [5.41, 5.74) is 4.34. The second kappa shape index (κ2) is 8.77. The van der Waals surface area contributed by atoms with E-state index >= 15 is 0 Å². The summed E-state index contributed by atoms with van der Waals surface area (Å²) in [5.74, 6) is 1.44. The highest BCUT2D eigenvalue weighted by Gasteiger charge is 2.24. The molecule has 5 aromatic rings. The number of aromatic nitrogens is 3. The third kappa shape index (κ3) is 4.15. The van der Waals surface area contributed by atoms with Crippen LogP contribution in [0.2, 0.25) is 0 Å². The van der Waals surface area contributed by atoms with Crippen molar-refractivity contribution in [2.24, 2.45) is 7.05 Å². The highest BCUT2D eigenvalue weighted by Crippen LogP contribution is 2.31. The molecule has 0 amide bonds. The number of imidazole rings is 1. The number of para-hydroxylation sites is 2. The maximum Gasteiger partial charge on any atom is 0.254 e. The summed E-state index contributed by atoms with van der Waals surface area (Å²) in [6.07, 6.45) is 0.268. The first kappa shape index (κ1) is 22.4. The lowest BCUT2D eigenvalue weighted by Gasteiger charge is -2.06. The Morgan fingerprint density at radius 1 is 0.941 bits per heavy atom. The molecule has 5 rings (SSSR count). The van der Waals surface area contributed by atoms with E-state index in [2.05, 4.69) is 45.0 Å².